The van der Waals surface area contributed by atoms with Crippen LogP contribution in [0, 0.1) is 34.6 Å². The van der Waals surface area contributed by atoms with Crippen LogP contribution >= 0.6 is 0 Å². The molecule has 28 heavy (non-hydrogen) atoms. The van der Waals surface area contributed by atoms with E-state index < -0.39 is 0 Å². The molecule has 0 heterocycles. The van der Waals surface area contributed by atoms with Crippen LogP contribution in [-0.2, 0) is 9.59 Å². The Bertz CT molecular complexity index is 831. The van der Waals surface area contributed by atoms with Gasteiger partial charge in [0, 0.05) is 12.7 Å². The molecule has 0 atom stereocenters. The second kappa shape index (κ2) is 9.40. The summed E-state index contributed by atoms with van der Waals surface area (Å²) >= 11 is 0. The second-order valence-corrected chi connectivity index (χ2v) is 7.39. The molecule has 0 aliphatic heterocycles. The molecule has 0 bridgehead atoms. The van der Waals surface area contributed by atoms with Crippen molar-refractivity contribution in [2.24, 2.45) is 0 Å². The van der Waals surface area contributed by atoms with E-state index >= 15 is 0 Å². The fourth-order valence-corrected chi connectivity index (χ4v) is 3.32. The zero-order chi connectivity index (χ0) is 20.8. The minimum absolute atomic E-state index is 0.00891. The highest BCUT2D eigenvalue weighted by Crippen LogP contribution is 2.23. The van der Waals surface area contributed by atoms with Gasteiger partial charge in [0.25, 0.3) is 0 Å². The number of carbonyl (C=O) groups excluding carboxylic acids is 2. The molecule has 0 aliphatic carbocycles. The average Bonchev–Trinajstić information content (AvgIpc) is 2.60. The molecular weight excluding hydrogens is 352 g/mol. The van der Waals surface area contributed by atoms with Crippen molar-refractivity contribution in [3.8, 4) is 5.75 Å². The first-order valence-corrected chi connectivity index (χ1v) is 9.49. The van der Waals surface area contributed by atoms with E-state index in [1.165, 1.54) is 4.90 Å². The summed E-state index contributed by atoms with van der Waals surface area (Å²) in [5.41, 5.74) is 6.09. The summed E-state index contributed by atoms with van der Waals surface area (Å²) in [6.07, 6.45) is 0.222. The monoisotopic (exact) mass is 382 g/mol. The molecule has 0 spiro atoms. The summed E-state index contributed by atoms with van der Waals surface area (Å²) in [7, 11) is 1.63. The van der Waals surface area contributed by atoms with Crippen LogP contribution in [0.1, 0.15) is 34.2 Å². The first-order chi connectivity index (χ1) is 13.2. The van der Waals surface area contributed by atoms with Gasteiger partial charge >= 0.3 is 0 Å². The van der Waals surface area contributed by atoms with Gasteiger partial charge < -0.3 is 15.0 Å². The molecule has 5 heteroatoms. The smallest absolute Gasteiger partial charge is 0.243 e. The van der Waals surface area contributed by atoms with Gasteiger partial charge in [-0.1, -0.05) is 35.9 Å². The van der Waals surface area contributed by atoms with E-state index in [1.807, 2.05) is 65.0 Å². The van der Waals surface area contributed by atoms with Crippen molar-refractivity contribution in [3.05, 3.63) is 58.1 Å². The third kappa shape index (κ3) is 5.59. The molecule has 0 unspecified atom stereocenters. The molecule has 0 fully saturated rings. The molecule has 2 rings (SSSR count). The van der Waals surface area contributed by atoms with Gasteiger partial charge in [-0.05, 0) is 56.9 Å². The normalized spacial score (nSPS) is 10.5. The Hall–Kier alpha value is -2.82. The van der Waals surface area contributed by atoms with Crippen LogP contribution in [0.5, 0.6) is 5.75 Å². The fourth-order valence-electron chi connectivity index (χ4n) is 3.32. The Balaban J connectivity index is 1.86. The van der Waals surface area contributed by atoms with Crippen molar-refractivity contribution in [3.63, 3.8) is 0 Å². The molecule has 5 nitrogen and oxygen atoms in total. The zero-order valence-corrected chi connectivity index (χ0v) is 17.7. The third-order valence-electron chi connectivity index (χ3n) is 4.72. The molecule has 0 aromatic heterocycles. The Morgan fingerprint density at radius 2 is 1.54 bits per heavy atom. The first-order valence-electron chi connectivity index (χ1n) is 9.49. The van der Waals surface area contributed by atoms with E-state index in [0.717, 1.165) is 39.3 Å². The standard InChI is InChI=1S/C23H30N2O3/c1-15-12-18(4)22(19(5)13-15)24-20(26)14-25(6)21(27)10-11-28-23-16(2)8-7-9-17(23)3/h7-9,12-13H,10-11,14H2,1-6H3,(H,24,26). The molecule has 1 N–H and O–H groups in total. The highest BCUT2D eigenvalue weighted by Gasteiger charge is 2.15. The van der Waals surface area contributed by atoms with E-state index in [9.17, 15) is 9.59 Å². The largest absolute Gasteiger partial charge is 0.493 e. The molecule has 0 aliphatic rings. The highest BCUT2D eigenvalue weighted by molar-refractivity contribution is 5.95. The molecule has 2 aromatic rings. The number of nitrogens with one attached hydrogen (secondary N) is 1. The van der Waals surface area contributed by atoms with Gasteiger partial charge in [0.1, 0.15) is 5.75 Å². The molecule has 150 valence electrons. The van der Waals surface area contributed by atoms with Gasteiger partial charge in [-0.2, -0.15) is 0 Å². The van der Waals surface area contributed by atoms with Crippen molar-refractivity contribution < 1.29 is 14.3 Å². The number of hydrogen-bond donors (Lipinski definition) is 1. The number of amides is 2. The van der Waals surface area contributed by atoms with E-state index in [-0.39, 0.29) is 31.4 Å². The molecular formula is C23H30N2O3. The van der Waals surface area contributed by atoms with Gasteiger partial charge in [-0.15, -0.1) is 0 Å². The van der Waals surface area contributed by atoms with Crippen LogP contribution < -0.4 is 10.1 Å². The highest BCUT2D eigenvalue weighted by atomic mass is 16.5. The Morgan fingerprint density at radius 1 is 0.964 bits per heavy atom. The van der Waals surface area contributed by atoms with Crippen LogP contribution in [0.15, 0.2) is 30.3 Å². The number of anilines is 1. The summed E-state index contributed by atoms with van der Waals surface area (Å²) in [4.78, 5) is 26.1. The fraction of sp³-hybridized carbons (Fsp3) is 0.391. The zero-order valence-electron chi connectivity index (χ0n) is 17.7. The number of ether oxygens (including phenoxy) is 1. The number of para-hydroxylation sites is 1. The van der Waals surface area contributed by atoms with Gasteiger partial charge in [-0.25, -0.2) is 0 Å². The van der Waals surface area contributed by atoms with E-state index in [2.05, 4.69) is 5.32 Å². The summed E-state index contributed by atoms with van der Waals surface area (Å²) in [5.74, 6) is 0.487. The van der Waals surface area contributed by atoms with Gasteiger partial charge in [-0.3, -0.25) is 9.59 Å². The number of nitrogens with zero attached hydrogens (tertiary/aromatic N) is 1. The topological polar surface area (TPSA) is 58.6 Å². The lowest BCUT2D eigenvalue weighted by Crippen LogP contribution is -2.35. The van der Waals surface area contributed by atoms with Crippen LogP contribution in [0.25, 0.3) is 0 Å². The summed E-state index contributed by atoms with van der Waals surface area (Å²) in [6.45, 7) is 10.2. The van der Waals surface area contributed by atoms with Crippen molar-refractivity contribution in [2.45, 2.75) is 41.0 Å². The number of aryl methyl sites for hydroxylation is 5. The SMILES string of the molecule is Cc1cc(C)c(NC(=O)CN(C)C(=O)CCOc2c(C)cccc2C)c(C)c1. The molecule has 2 amide bonds. The Labute approximate surface area is 167 Å². The number of rotatable bonds is 7. The van der Waals surface area contributed by atoms with Crippen LogP contribution in [0.3, 0.4) is 0 Å². The van der Waals surface area contributed by atoms with Gasteiger partial charge in [0.05, 0.1) is 19.6 Å². The van der Waals surface area contributed by atoms with E-state index in [0.29, 0.717) is 0 Å². The van der Waals surface area contributed by atoms with Crippen LogP contribution in [0.2, 0.25) is 0 Å². The van der Waals surface area contributed by atoms with Crippen molar-refractivity contribution in [1.29, 1.82) is 0 Å². The minimum Gasteiger partial charge on any atom is -0.493 e. The summed E-state index contributed by atoms with van der Waals surface area (Å²) in [5, 5.41) is 2.92. The molecule has 0 radical (unpaired) electrons. The predicted octanol–water partition coefficient (Wildman–Crippen LogP) is 4.09. The van der Waals surface area contributed by atoms with Crippen molar-refractivity contribution in [2.75, 3.05) is 25.5 Å². The third-order valence-corrected chi connectivity index (χ3v) is 4.72. The van der Waals surface area contributed by atoms with Crippen LogP contribution in [0.4, 0.5) is 5.69 Å². The quantitative estimate of drug-likeness (QED) is 0.784. The number of benzene rings is 2. The minimum atomic E-state index is -0.207. The lowest BCUT2D eigenvalue weighted by Gasteiger charge is -2.19. The van der Waals surface area contributed by atoms with Crippen LogP contribution in [-0.4, -0.2) is 36.9 Å². The second-order valence-electron chi connectivity index (χ2n) is 7.39. The van der Waals surface area contributed by atoms with E-state index in [1.54, 1.807) is 7.05 Å². The first kappa shape index (κ1) is 21.5. The van der Waals surface area contributed by atoms with E-state index in [4.69, 9.17) is 4.74 Å². The number of hydrogen-bond acceptors (Lipinski definition) is 3. The maximum absolute atomic E-state index is 12.4. The summed E-state index contributed by atoms with van der Waals surface area (Å²) in [6, 6.07) is 10.0. The number of likely N-dealkylation sites (N-methyl/N-ethyl adjacent to an activating group) is 1. The Kier molecular flexibility index (Phi) is 7.21. The molecule has 0 saturated carbocycles. The van der Waals surface area contributed by atoms with Crippen molar-refractivity contribution in [1.82, 2.24) is 4.90 Å². The predicted molar refractivity (Wildman–Crippen MR) is 113 cm³/mol. The lowest BCUT2D eigenvalue weighted by molar-refractivity contribution is -0.133. The molecule has 2 aromatic carbocycles. The van der Waals surface area contributed by atoms with Crippen molar-refractivity contribution >= 4 is 17.5 Å². The average molecular weight is 383 g/mol. The Morgan fingerprint density at radius 3 is 2.11 bits per heavy atom. The maximum Gasteiger partial charge on any atom is 0.243 e. The van der Waals surface area contributed by atoms with Gasteiger partial charge in [0.2, 0.25) is 11.8 Å². The van der Waals surface area contributed by atoms with Gasteiger partial charge in [0.15, 0.2) is 0 Å². The molecule has 0 saturated heterocycles. The number of carbonyl (C=O) groups is 2. The maximum atomic E-state index is 12.4. The lowest BCUT2D eigenvalue weighted by atomic mass is 10.1. The summed E-state index contributed by atoms with van der Waals surface area (Å²) < 4.78 is 5.78.